The van der Waals surface area contributed by atoms with Gasteiger partial charge in [0, 0.05) is 0 Å². The highest BCUT2D eigenvalue weighted by molar-refractivity contribution is 6.31. The predicted octanol–water partition coefficient (Wildman–Crippen LogP) is 1.62. The lowest BCUT2D eigenvalue weighted by Gasteiger charge is -2.08. The topological polar surface area (TPSA) is 70.9 Å². The van der Waals surface area contributed by atoms with Crippen molar-refractivity contribution in [2.75, 3.05) is 11.9 Å². The molecule has 2 N–H and O–H groups in total. The highest BCUT2D eigenvalue weighted by Gasteiger charge is 2.10. The Bertz CT molecular complexity index is 407. The Morgan fingerprint density at radius 3 is 3.06 bits per heavy atom. The van der Waals surface area contributed by atoms with Crippen molar-refractivity contribution in [3.05, 3.63) is 24.0 Å². The normalized spacial score (nSPS) is 10.4. The van der Waals surface area contributed by atoms with Crippen molar-refractivity contribution in [1.29, 1.82) is 0 Å². The van der Waals surface area contributed by atoms with E-state index >= 15 is 0 Å². The number of hydrogen-bond acceptors (Lipinski definition) is 4. The molecule has 0 aromatic heterocycles. The minimum Gasteiger partial charge on any atom is -0.491 e. The highest BCUT2D eigenvalue weighted by atomic mass is 19.1. The van der Waals surface area contributed by atoms with Crippen LogP contribution in [0.1, 0.15) is 6.92 Å². The number of hydrogen-bond donors (Lipinski definition) is 2. The standard InChI is InChI=1S/C10H11FN2O3/c1-2-16-8-5-3-4-7(10(8)11)13-9(14)6-12-15/h3-6,15H,2H2,1H3,(H,13,14). The fourth-order valence-corrected chi connectivity index (χ4v) is 1.09. The Morgan fingerprint density at radius 2 is 2.44 bits per heavy atom. The van der Waals surface area contributed by atoms with Crippen LogP contribution in [0.25, 0.3) is 0 Å². The second-order valence-electron chi connectivity index (χ2n) is 2.78. The van der Waals surface area contributed by atoms with Crippen LogP contribution in [0.5, 0.6) is 5.75 Å². The molecule has 0 aliphatic rings. The SMILES string of the molecule is CCOc1cccc(NC(=O)C=NO)c1F. The first kappa shape index (κ1) is 12.0. The van der Waals surface area contributed by atoms with Crippen molar-refractivity contribution in [2.24, 2.45) is 5.16 Å². The number of carbonyl (C=O) groups is 1. The third kappa shape index (κ3) is 2.94. The van der Waals surface area contributed by atoms with Crippen LogP contribution in [0.15, 0.2) is 23.4 Å². The lowest BCUT2D eigenvalue weighted by molar-refractivity contribution is -0.110. The predicted molar refractivity (Wildman–Crippen MR) is 56.5 cm³/mol. The summed E-state index contributed by atoms with van der Waals surface area (Å²) in [7, 11) is 0. The van der Waals surface area contributed by atoms with Crippen LogP contribution in [0.2, 0.25) is 0 Å². The number of nitrogens with one attached hydrogen (secondary N) is 1. The van der Waals surface area contributed by atoms with Crippen LogP contribution in [0.4, 0.5) is 10.1 Å². The first-order valence-corrected chi connectivity index (χ1v) is 4.58. The number of ether oxygens (including phenoxy) is 1. The number of halogens is 1. The van der Waals surface area contributed by atoms with Crippen LogP contribution >= 0.6 is 0 Å². The largest absolute Gasteiger partial charge is 0.491 e. The van der Waals surface area contributed by atoms with E-state index in [-0.39, 0.29) is 11.4 Å². The highest BCUT2D eigenvalue weighted by Crippen LogP contribution is 2.24. The number of benzene rings is 1. The molecule has 16 heavy (non-hydrogen) atoms. The Hall–Kier alpha value is -2.11. The van der Waals surface area contributed by atoms with E-state index in [0.29, 0.717) is 12.8 Å². The van der Waals surface area contributed by atoms with Crippen LogP contribution in [0.3, 0.4) is 0 Å². The molecule has 1 rings (SSSR count). The van der Waals surface area contributed by atoms with Gasteiger partial charge >= 0.3 is 0 Å². The molecule has 0 radical (unpaired) electrons. The van der Waals surface area contributed by atoms with Crippen molar-refractivity contribution >= 4 is 17.8 Å². The molecular formula is C10H11FN2O3. The maximum absolute atomic E-state index is 13.6. The van der Waals surface area contributed by atoms with Gasteiger partial charge in [0.2, 0.25) is 0 Å². The van der Waals surface area contributed by atoms with Gasteiger partial charge in [0.05, 0.1) is 12.3 Å². The van der Waals surface area contributed by atoms with E-state index in [1.165, 1.54) is 12.1 Å². The van der Waals surface area contributed by atoms with E-state index in [1.807, 2.05) is 0 Å². The third-order valence-electron chi connectivity index (χ3n) is 1.70. The summed E-state index contributed by atoms with van der Waals surface area (Å²) in [6, 6.07) is 4.37. The molecule has 0 spiro atoms. The zero-order valence-corrected chi connectivity index (χ0v) is 8.61. The summed E-state index contributed by atoms with van der Waals surface area (Å²) in [5.74, 6) is -1.33. The lowest BCUT2D eigenvalue weighted by atomic mass is 10.3. The van der Waals surface area contributed by atoms with Crippen molar-refractivity contribution in [3.63, 3.8) is 0 Å². The minimum atomic E-state index is -0.727. The summed E-state index contributed by atoms with van der Waals surface area (Å²) in [5, 5.41) is 12.8. The van der Waals surface area contributed by atoms with Gasteiger partial charge in [-0.05, 0) is 19.1 Å². The molecule has 0 saturated heterocycles. The molecule has 0 aliphatic heterocycles. The van der Waals surface area contributed by atoms with Crippen LogP contribution in [-0.4, -0.2) is 23.9 Å². The molecule has 0 saturated carbocycles. The second kappa shape index (κ2) is 5.69. The average Bonchev–Trinajstić information content (AvgIpc) is 2.24. The first-order chi connectivity index (χ1) is 7.69. The summed E-state index contributed by atoms with van der Waals surface area (Å²) in [6.45, 7) is 2.05. The fourth-order valence-electron chi connectivity index (χ4n) is 1.09. The Morgan fingerprint density at radius 1 is 1.69 bits per heavy atom. The molecule has 0 atom stereocenters. The number of nitrogens with zero attached hydrogens (tertiary/aromatic N) is 1. The van der Waals surface area contributed by atoms with Gasteiger partial charge in [-0.1, -0.05) is 11.2 Å². The molecule has 86 valence electrons. The van der Waals surface area contributed by atoms with E-state index in [0.717, 1.165) is 0 Å². The summed E-state index contributed by atoms with van der Waals surface area (Å²) >= 11 is 0. The fraction of sp³-hybridized carbons (Fsp3) is 0.200. The van der Waals surface area contributed by atoms with E-state index in [4.69, 9.17) is 9.94 Å². The maximum Gasteiger partial charge on any atom is 0.270 e. The van der Waals surface area contributed by atoms with Crippen LogP contribution in [0, 0.1) is 5.82 Å². The van der Waals surface area contributed by atoms with Crippen molar-refractivity contribution in [3.8, 4) is 5.75 Å². The molecule has 1 aromatic carbocycles. The number of amides is 1. The Labute approximate surface area is 91.5 Å². The number of carbonyl (C=O) groups excluding carboxylic acids is 1. The molecule has 0 unspecified atom stereocenters. The summed E-state index contributed by atoms with van der Waals surface area (Å²) < 4.78 is 18.6. The van der Waals surface area contributed by atoms with Gasteiger partial charge in [-0.25, -0.2) is 4.39 Å². The quantitative estimate of drug-likeness (QED) is 0.465. The maximum atomic E-state index is 13.6. The molecule has 1 aromatic rings. The van der Waals surface area contributed by atoms with Gasteiger partial charge in [-0.2, -0.15) is 0 Å². The van der Waals surface area contributed by atoms with Gasteiger partial charge < -0.3 is 15.3 Å². The van der Waals surface area contributed by atoms with Crippen LogP contribution in [-0.2, 0) is 4.79 Å². The van der Waals surface area contributed by atoms with Gasteiger partial charge in [0.25, 0.3) is 5.91 Å². The summed E-state index contributed by atoms with van der Waals surface area (Å²) in [5.41, 5.74) is -0.0316. The minimum absolute atomic E-state index is 0.0316. The number of oxime groups is 1. The van der Waals surface area contributed by atoms with Crippen molar-refractivity contribution in [2.45, 2.75) is 6.92 Å². The number of anilines is 1. The average molecular weight is 226 g/mol. The third-order valence-corrected chi connectivity index (χ3v) is 1.70. The van der Waals surface area contributed by atoms with E-state index in [9.17, 15) is 9.18 Å². The Balaban J connectivity index is 2.88. The lowest BCUT2D eigenvalue weighted by Crippen LogP contribution is -2.14. The van der Waals surface area contributed by atoms with Gasteiger partial charge in [0.1, 0.15) is 6.21 Å². The van der Waals surface area contributed by atoms with Crippen molar-refractivity contribution in [1.82, 2.24) is 0 Å². The number of rotatable bonds is 4. The molecule has 0 heterocycles. The second-order valence-corrected chi connectivity index (χ2v) is 2.78. The van der Waals surface area contributed by atoms with E-state index in [1.54, 1.807) is 13.0 Å². The molecule has 0 fully saturated rings. The molecule has 0 bridgehead atoms. The first-order valence-electron chi connectivity index (χ1n) is 4.58. The smallest absolute Gasteiger partial charge is 0.270 e. The van der Waals surface area contributed by atoms with Gasteiger partial charge in [0.15, 0.2) is 11.6 Å². The summed E-state index contributed by atoms with van der Waals surface area (Å²) in [4.78, 5) is 11.0. The van der Waals surface area contributed by atoms with Crippen LogP contribution < -0.4 is 10.1 Å². The molecule has 5 nitrogen and oxygen atoms in total. The monoisotopic (exact) mass is 226 g/mol. The molecule has 0 aliphatic carbocycles. The molecule has 1 amide bonds. The van der Waals surface area contributed by atoms with E-state index < -0.39 is 11.7 Å². The molecular weight excluding hydrogens is 215 g/mol. The van der Waals surface area contributed by atoms with E-state index in [2.05, 4.69) is 10.5 Å². The van der Waals surface area contributed by atoms with Gasteiger partial charge in [-0.3, -0.25) is 4.79 Å². The van der Waals surface area contributed by atoms with Crippen molar-refractivity contribution < 1.29 is 19.1 Å². The zero-order chi connectivity index (χ0) is 12.0. The molecule has 6 heteroatoms. The van der Waals surface area contributed by atoms with Gasteiger partial charge in [-0.15, -0.1) is 0 Å². The zero-order valence-electron chi connectivity index (χ0n) is 8.61. The summed E-state index contributed by atoms with van der Waals surface area (Å²) in [6.07, 6.45) is 0.632. The Kier molecular flexibility index (Phi) is 4.26.